The molecule has 2 atom stereocenters. The molecule has 96 valence electrons. The molecule has 1 aliphatic rings. The number of aromatic nitrogens is 3. The lowest BCUT2D eigenvalue weighted by atomic mass is 10.2. The molecule has 3 rings (SSSR count). The Labute approximate surface area is 115 Å². The lowest BCUT2D eigenvalue weighted by molar-refractivity contribution is 0.501. The summed E-state index contributed by atoms with van der Waals surface area (Å²) in [6, 6.07) is 0.0515. The van der Waals surface area contributed by atoms with Crippen molar-refractivity contribution < 1.29 is 5.48 Å². The van der Waals surface area contributed by atoms with Gasteiger partial charge in [-0.15, -0.1) is 0 Å². The molecule has 0 aromatic carbocycles. The molecule has 18 heavy (non-hydrogen) atoms. The van der Waals surface area contributed by atoms with Crippen LogP contribution in [-0.4, -0.2) is 20.1 Å². The van der Waals surface area contributed by atoms with Crippen molar-refractivity contribution in [1.29, 1.82) is 0 Å². The van der Waals surface area contributed by atoms with E-state index in [1.54, 1.807) is 0 Å². The zero-order valence-electron chi connectivity index (χ0n) is 13.6. The molecule has 0 bridgehead atoms. The average Bonchev–Trinajstić information content (AvgIpc) is 2.84. The van der Waals surface area contributed by atoms with Crippen molar-refractivity contribution in [1.82, 2.24) is 14.1 Å². The number of rotatable bonds is 1. The second-order valence-corrected chi connectivity index (χ2v) is 4.93. The van der Waals surface area contributed by atoms with E-state index in [0.29, 0.717) is 18.4 Å². The van der Waals surface area contributed by atoms with Gasteiger partial charge in [0.25, 0.3) is 0 Å². The van der Waals surface area contributed by atoms with Crippen LogP contribution < -0.4 is 11.4 Å². The first kappa shape index (κ1) is 7.96. The maximum Gasteiger partial charge on any atom is 0.329 e. The van der Waals surface area contributed by atoms with Crippen LogP contribution in [0.5, 0.6) is 0 Å². The van der Waals surface area contributed by atoms with E-state index in [2.05, 4.69) is 4.98 Å². The minimum absolute atomic E-state index is 0.173. The minimum atomic E-state index is -2.62. The van der Waals surface area contributed by atoms with E-state index >= 15 is 0 Å². The number of nitrogens with two attached hydrogens (primary N) is 1. The van der Waals surface area contributed by atoms with E-state index in [9.17, 15) is 4.79 Å². The summed E-state index contributed by atoms with van der Waals surface area (Å²) in [6.45, 7) is -2.62. The summed E-state index contributed by atoms with van der Waals surface area (Å²) in [5.41, 5.74) is 5.77. The van der Waals surface area contributed by atoms with Gasteiger partial charge in [0, 0.05) is 30.6 Å². The molecular formula is C12H15ClN4O. The topological polar surface area (TPSA) is 65.8 Å². The van der Waals surface area contributed by atoms with Crippen LogP contribution in [-0.2, 0) is 6.98 Å². The maximum atomic E-state index is 12.6. The Bertz CT molecular complexity index is 795. The number of nitrogens with zero attached hydrogens (tertiary/aromatic N) is 3. The predicted octanol–water partition coefficient (Wildman–Crippen LogP) is 1.44. The summed E-state index contributed by atoms with van der Waals surface area (Å²) in [6.07, 6.45) is 2.56. The molecule has 1 aliphatic carbocycles. The first-order valence-electron chi connectivity index (χ1n) is 7.68. The highest BCUT2D eigenvalue weighted by molar-refractivity contribution is 6.29. The molecule has 6 heteroatoms. The number of hydrogen-bond donors (Lipinski definition) is 1. The van der Waals surface area contributed by atoms with Crippen molar-refractivity contribution in [3.63, 3.8) is 0 Å². The zero-order valence-corrected chi connectivity index (χ0v) is 10.3. The molecule has 0 aliphatic heterocycles. The molecule has 0 saturated heterocycles. The van der Waals surface area contributed by atoms with Crippen LogP contribution in [0.4, 0.5) is 0 Å². The normalized spacial score (nSPS) is 32.0. The average molecular weight is 271 g/mol. The van der Waals surface area contributed by atoms with E-state index in [-0.39, 0.29) is 23.1 Å². The quantitative estimate of drug-likeness (QED) is 0.798. The SMILES string of the molecule is [2H]C([2H])([2H])n1c(=O)n([C@@H]2CC[C@@]([2H])(N)C2)c2cc(Cl)ncc21. The van der Waals surface area contributed by atoms with Crippen LogP contribution in [0.3, 0.4) is 0 Å². The number of halogens is 1. The van der Waals surface area contributed by atoms with Gasteiger partial charge in [0.05, 0.1) is 17.2 Å². The first-order chi connectivity index (χ1) is 10.1. The third kappa shape index (κ3) is 1.66. The predicted molar refractivity (Wildman–Crippen MR) is 70.8 cm³/mol. The Balaban J connectivity index is 2.28. The summed E-state index contributed by atoms with van der Waals surface area (Å²) >= 11 is 5.89. The highest BCUT2D eigenvalue weighted by Gasteiger charge is 2.27. The minimum Gasteiger partial charge on any atom is -0.328 e. The molecule has 0 unspecified atom stereocenters. The van der Waals surface area contributed by atoms with Gasteiger partial charge < -0.3 is 5.73 Å². The van der Waals surface area contributed by atoms with Crippen LogP contribution in [0, 0.1) is 0 Å². The number of aryl methyl sites for hydroxylation is 1. The van der Waals surface area contributed by atoms with Crippen molar-refractivity contribution >= 4 is 22.6 Å². The van der Waals surface area contributed by atoms with Crippen molar-refractivity contribution in [3.8, 4) is 0 Å². The van der Waals surface area contributed by atoms with E-state index in [4.69, 9.17) is 22.8 Å². The molecule has 2 N–H and O–H groups in total. The Morgan fingerprint density at radius 1 is 1.61 bits per heavy atom. The number of fused-ring (bicyclic) bond motifs is 1. The number of hydrogen-bond acceptors (Lipinski definition) is 3. The van der Waals surface area contributed by atoms with Crippen molar-refractivity contribution in [2.45, 2.75) is 31.3 Å². The third-order valence-corrected chi connectivity index (χ3v) is 3.59. The van der Waals surface area contributed by atoms with Crippen molar-refractivity contribution in [2.24, 2.45) is 12.7 Å². The summed E-state index contributed by atoms with van der Waals surface area (Å²) < 4.78 is 32.8. The molecule has 0 radical (unpaired) electrons. The second kappa shape index (κ2) is 4.10. The molecule has 2 aromatic heterocycles. The maximum absolute atomic E-state index is 12.6. The molecule has 1 fully saturated rings. The molecule has 0 spiro atoms. The lowest BCUT2D eigenvalue weighted by Crippen LogP contribution is -2.26. The Morgan fingerprint density at radius 2 is 2.44 bits per heavy atom. The molecule has 2 aromatic rings. The summed E-state index contributed by atoms with van der Waals surface area (Å²) in [4.78, 5) is 16.5. The van der Waals surface area contributed by atoms with Crippen LogP contribution in [0.15, 0.2) is 17.1 Å². The third-order valence-electron chi connectivity index (χ3n) is 3.39. The van der Waals surface area contributed by atoms with E-state index in [0.717, 1.165) is 4.57 Å². The van der Waals surface area contributed by atoms with Crippen LogP contribution in [0.25, 0.3) is 11.0 Å². The standard InChI is InChI=1S/C12H15ClN4O/c1-16-10-6-15-11(13)5-9(10)17(12(16)18)8-3-2-7(14)4-8/h5-8H,2-4,14H2,1H3/t7-,8-/m1/s1/i1D3,7D. The van der Waals surface area contributed by atoms with Gasteiger partial charge >= 0.3 is 5.69 Å². The van der Waals surface area contributed by atoms with Gasteiger partial charge in [-0.05, 0) is 19.3 Å². The van der Waals surface area contributed by atoms with Crippen molar-refractivity contribution in [2.75, 3.05) is 0 Å². The fourth-order valence-corrected chi connectivity index (χ4v) is 2.68. The Hall–Kier alpha value is -1.33. The Morgan fingerprint density at radius 3 is 3.11 bits per heavy atom. The van der Waals surface area contributed by atoms with E-state index < -0.39 is 18.7 Å². The van der Waals surface area contributed by atoms with Gasteiger partial charge in [-0.1, -0.05) is 11.6 Å². The number of imidazole rings is 1. The van der Waals surface area contributed by atoms with Gasteiger partial charge in [-0.25, -0.2) is 9.78 Å². The molecule has 0 amide bonds. The van der Waals surface area contributed by atoms with E-state index in [1.165, 1.54) is 16.8 Å². The monoisotopic (exact) mass is 270 g/mol. The summed E-state index contributed by atoms with van der Waals surface area (Å²) in [5.74, 6) is 0. The molecule has 5 nitrogen and oxygen atoms in total. The van der Waals surface area contributed by atoms with Crippen LogP contribution in [0.1, 0.15) is 30.8 Å². The fraction of sp³-hybridized carbons (Fsp3) is 0.500. The highest BCUT2D eigenvalue weighted by atomic mass is 35.5. The van der Waals surface area contributed by atoms with Gasteiger partial charge in [0.1, 0.15) is 5.15 Å². The van der Waals surface area contributed by atoms with E-state index in [1.807, 2.05) is 0 Å². The van der Waals surface area contributed by atoms with Gasteiger partial charge in [0.15, 0.2) is 0 Å². The van der Waals surface area contributed by atoms with Gasteiger partial charge in [0.2, 0.25) is 0 Å². The zero-order chi connectivity index (χ0) is 16.3. The molecular weight excluding hydrogens is 252 g/mol. The van der Waals surface area contributed by atoms with Gasteiger partial charge in [-0.3, -0.25) is 9.13 Å². The number of pyridine rings is 1. The molecule has 1 saturated carbocycles. The van der Waals surface area contributed by atoms with Gasteiger partial charge in [-0.2, -0.15) is 0 Å². The van der Waals surface area contributed by atoms with Crippen molar-refractivity contribution in [3.05, 3.63) is 27.9 Å². The second-order valence-electron chi connectivity index (χ2n) is 4.54. The summed E-state index contributed by atoms with van der Waals surface area (Å²) in [5, 5.41) is 0.173. The largest absolute Gasteiger partial charge is 0.329 e. The van der Waals surface area contributed by atoms with Crippen LogP contribution >= 0.6 is 11.6 Å². The molecule has 2 heterocycles. The Kier molecular flexibility index (Phi) is 1.82. The fourth-order valence-electron chi connectivity index (χ4n) is 2.52. The smallest absolute Gasteiger partial charge is 0.328 e. The highest BCUT2D eigenvalue weighted by Crippen LogP contribution is 2.30. The van der Waals surface area contributed by atoms with Crippen LogP contribution in [0.2, 0.25) is 5.15 Å². The lowest BCUT2D eigenvalue weighted by Gasteiger charge is -2.11. The first-order valence-corrected chi connectivity index (χ1v) is 6.06. The summed E-state index contributed by atoms with van der Waals surface area (Å²) in [7, 11) is 0.